The van der Waals surface area contributed by atoms with Crippen molar-refractivity contribution >= 4 is 17.5 Å². The molecule has 8 heteroatoms. The van der Waals surface area contributed by atoms with Gasteiger partial charge in [0.1, 0.15) is 11.6 Å². The van der Waals surface area contributed by atoms with Crippen LogP contribution in [0.2, 0.25) is 0 Å². The quantitative estimate of drug-likeness (QED) is 0.877. The average Bonchev–Trinajstić information content (AvgIpc) is 2.41. The van der Waals surface area contributed by atoms with Gasteiger partial charge >= 0.3 is 6.61 Å². The molecule has 0 bridgehead atoms. The van der Waals surface area contributed by atoms with Crippen molar-refractivity contribution in [3.63, 3.8) is 0 Å². The van der Waals surface area contributed by atoms with Gasteiger partial charge in [0.25, 0.3) is 0 Å². The molecule has 120 valence electrons. The van der Waals surface area contributed by atoms with Gasteiger partial charge in [0.05, 0.1) is 5.69 Å². The maximum atomic E-state index is 13.7. The van der Waals surface area contributed by atoms with E-state index in [-0.39, 0.29) is 29.8 Å². The van der Waals surface area contributed by atoms with Gasteiger partial charge in [0.15, 0.2) is 0 Å². The fourth-order valence-corrected chi connectivity index (χ4v) is 2.23. The molecule has 1 aromatic rings. The summed E-state index contributed by atoms with van der Waals surface area (Å²) < 4.78 is 41.8. The molecule has 0 radical (unpaired) electrons. The zero-order chi connectivity index (χ0) is 16.1. The molecule has 1 aromatic carbocycles. The third-order valence-corrected chi connectivity index (χ3v) is 3.19. The van der Waals surface area contributed by atoms with E-state index in [1.165, 1.54) is 0 Å². The summed E-state index contributed by atoms with van der Waals surface area (Å²) in [5.74, 6) is -1.78. The lowest BCUT2D eigenvalue weighted by Crippen LogP contribution is -2.40. The topological polar surface area (TPSA) is 67.4 Å². The van der Waals surface area contributed by atoms with E-state index in [4.69, 9.17) is 0 Å². The van der Waals surface area contributed by atoms with E-state index in [1.54, 1.807) is 0 Å². The van der Waals surface area contributed by atoms with Gasteiger partial charge in [-0.1, -0.05) is 0 Å². The van der Waals surface area contributed by atoms with Crippen molar-refractivity contribution in [2.24, 2.45) is 0 Å². The highest BCUT2D eigenvalue weighted by Gasteiger charge is 2.21. The van der Waals surface area contributed by atoms with Gasteiger partial charge in [0, 0.05) is 24.9 Å². The van der Waals surface area contributed by atoms with Gasteiger partial charge in [-0.05, 0) is 25.0 Å². The number of amides is 2. The number of halogens is 3. The number of hydrogen-bond acceptors (Lipinski definition) is 3. The number of ether oxygens (including phenoxy) is 1. The minimum absolute atomic E-state index is 0.0282. The van der Waals surface area contributed by atoms with Crippen molar-refractivity contribution in [1.29, 1.82) is 0 Å². The van der Waals surface area contributed by atoms with E-state index in [9.17, 15) is 22.8 Å². The van der Waals surface area contributed by atoms with Crippen LogP contribution >= 0.6 is 0 Å². The molecule has 2 amide bonds. The summed E-state index contributed by atoms with van der Waals surface area (Å²) in [4.78, 5) is 23.0. The summed E-state index contributed by atoms with van der Waals surface area (Å²) in [6.07, 6.45) is 1.86. The number of carbonyl (C=O) groups is 2. The maximum absolute atomic E-state index is 13.7. The van der Waals surface area contributed by atoms with Crippen LogP contribution in [0.1, 0.15) is 25.7 Å². The highest BCUT2D eigenvalue weighted by atomic mass is 19.3. The van der Waals surface area contributed by atoms with Gasteiger partial charge in [-0.25, -0.2) is 4.39 Å². The summed E-state index contributed by atoms with van der Waals surface area (Å²) in [6, 6.07) is 2.77. The van der Waals surface area contributed by atoms with E-state index in [0.29, 0.717) is 19.3 Å². The second-order valence-electron chi connectivity index (χ2n) is 4.93. The minimum atomic E-state index is -3.05. The summed E-state index contributed by atoms with van der Waals surface area (Å²) in [6.45, 7) is -3.05. The first kappa shape index (κ1) is 16.1. The van der Waals surface area contributed by atoms with Crippen LogP contribution in [0, 0.1) is 5.82 Å². The lowest BCUT2D eigenvalue weighted by Gasteiger charge is -2.22. The Balaban J connectivity index is 1.92. The number of nitrogens with one attached hydrogen (secondary N) is 2. The minimum Gasteiger partial charge on any atom is -0.435 e. The second-order valence-corrected chi connectivity index (χ2v) is 4.93. The Bertz CT molecular complexity index is 566. The van der Waals surface area contributed by atoms with Crippen LogP contribution in [0.5, 0.6) is 5.75 Å². The molecular formula is C14H15F3N2O3. The molecule has 22 heavy (non-hydrogen) atoms. The van der Waals surface area contributed by atoms with Crippen molar-refractivity contribution < 1.29 is 27.5 Å². The first-order chi connectivity index (χ1) is 10.4. The molecule has 1 atom stereocenters. The Morgan fingerprint density at radius 3 is 2.86 bits per heavy atom. The van der Waals surface area contributed by atoms with Crippen molar-refractivity contribution in [3.05, 3.63) is 24.0 Å². The Kier molecular flexibility index (Phi) is 5.24. The van der Waals surface area contributed by atoms with Gasteiger partial charge < -0.3 is 15.4 Å². The lowest BCUT2D eigenvalue weighted by molar-refractivity contribution is -0.124. The van der Waals surface area contributed by atoms with Gasteiger partial charge in [0.2, 0.25) is 11.8 Å². The molecule has 2 rings (SSSR count). The SMILES string of the molecule is O=C(CC1CCCC(=O)N1)Nc1ccc(OC(F)F)cc1F. The number of piperidine rings is 1. The molecule has 0 aliphatic carbocycles. The molecule has 1 aliphatic heterocycles. The number of alkyl halides is 2. The lowest BCUT2D eigenvalue weighted by atomic mass is 10.0. The van der Waals surface area contributed by atoms with Gasteiger partial charge in [-0.15, -0.1) is 0 Å². The van der Waals surface area contributed by atoms with Crippen LogP contribution in [0.15, 0.2) is 18.2 Å². The standard InChI is InChI=1S/C14H15F3N2O3/c15-10-7-9(22-14(16)17)4-5-11(10)19-13(21)6-8-2-1-3-12(20)18-8/h4-5,7-8,14H,1-3,6H2,(H,18,20)(H,19,21). The fraction of sp³-hybridized carbons (Fsp3) is 0.429. The van der Waals surface area contributed by atoms with Crippen LogP contribution in [0.25, 0.3) is 0 Å². The van der Waals surface area contributed by atoms with Gasteiger partial charge in [-0.3, -0.25) is 9.59 Å². The Morgan fingerprint density at radius 2 is 2.23 bits per heavy atom. The third-order valence-electron chi connectivity index (χ3n) is 3.19. The zero-order valence-corrected chi connectivity index (χ0v) is 11.6. The summed E-state index contributed by atoms with van der Waals surface area (Å²) >= 11 is 0. The van der Waals surface area contributed by atoms with E-state index >= 15 is 0 Å². The molecule has 0 saturated carbocycles. The average molecular weight is 316 g/mol. The van der Waals surface area contributed by atoms with E-state index in [1.807, 2.05) is 0 Å². The predicted molar refractivity (Wildman–Crippen MR) is 72.1 cm³/mol. The van der Waals surface area contributed by atoms with Crippen LogP contribution in [-0.2, 0) is 9.59 Å². The molecule has 1 saturated heterocycles. The normalized spacial score (nSPS) is 18.0. The van der Waals surface area contributed by atoms with Crippen LogP contribution < -0.4 is 15.4 Å². The number of carbonyl (C=O) groups excluding carboxylic acids is 2. The Hall–Kier alpha value is -2.25. The van der Waals surface area contributed by atoms with Crippen LogP contribution in [-0.4, -0.2) is 24.5 Å². The first-order valence-corrected chi connectivity index (χ1v) is 6.77. The Morgan fingerprint density at radius 1 is 1.45 bits per heavy atom. The van der Waals surface area contributed by atoms with Crippen LogP contribution in [0.3, 0.4) is 0 Å². The molecule has 0 spiro atoms. The molecule has 0 aromatic heterocycles. The number of benzene rings is 1. The smallest absolute Gasteiger partial charge is 0.387 e. The molecule has 1 unspecified atom stereocenters. The van der Waals surface area contributed by atoms with Crippen LogP contribution in [0.4, 0.5) is 18.9 Å². The highest BCUT2D eigenvalue weighted by Crippen LogP contribution is 2.22. The fourth-order valence-electron chi connectivity index (χ4n) is 2.23. The monoisotopic (exact) mass is 316 g/mol. The summed E-state index contributed by atoms with van der Waals surface area (Å²) in [5.41, 5.74) is -0.131. The summed E-state index contributed by atoms with van der Waals surface area (Å²) in [5, 5.41) is 5.03. The molecular weight excluding hydrogens is 301 g/mol. The maximum Gasteiger partial charge on any atom is 0.387 e. The molecule has 5 nitrogen and oxygen atoms in total. The largest absolute Gasteiger partial charge is 0.435 e. The molecule has 1 heterocycles. The number of rotatable bonds is 5. The summed E-state index contributed by atoms with van der Waals surface area (Å²) in [7, 11) is 0. The molecule has 1 aliphatic rings. The predicted octanol–water partition coefficient (Wildman–Crippen LogP) is 2.42. The van der Waals surface area contributed by atoms with Crippen molar-refractivity contribution in [1.82, 2.24) is 5.32 Å². The molecule has 1 fully saturated rings. The first-order valence-electron chi connectivity index (χ1n) is 6.77. The third kappa shape index (κ3) is 4.64. The second kappa shape index (κ2) is 7.15. The highest BCUT2D eigenvalue weighted by molar-refractivity contribution is 5.91. The van der Waals surface area contributed by atoms with Crippen molar-refractivity contribution in [2.45, 2.75) is 38.3 Å². The van der Waals surface area contributed by atoms with E-state index < -0.39 is 18.3 Å². The Labute approximate surface area is 124 Å². The van der Waals surface area contributed by atoms with Crippen molar-refractivity contribution in [3.8, 4) is 5.75 Å². The van der Waals surface area contributed by atoms with E-state index in [0.717, 1.165) is 18.2 Å². The zero-order valence-electron chi connectivity index (χ0n) is 11.6. The van der Waals surface area contributed by atoms with Gasteiger partial charge in [-0.2, -0.15) is 8.78 Å². The molecule has 2 N–H and O–H groups in total. The van der Waals surface area contributed by atoms with E-state index in [2.05, 4.69) is 15.4 Å². The number of anilines is 1. The number of hydrogen-bond donors (Lipinski definition) is 2. The van der Waals surface area contributed by atoms with Crippen molar-refractivity contribution in [2.75, 3.05) is 5.32 Å².